The molecule has 140 valence electrons. The van der Waals surface area contributed by atoms with E-state index in [0.717, 1.165) is 16.5 Å². The smallest absolute Gasteiger partial charge is 0.233 e. The van der Waals surface area contributed by atoms with Gasteiger partial charge in [-0.05, 0) is 25.0 Å². The molecule has 1 heterocycles. The summed E-state index contributed by atoms with van der Waals surface area (Å²) in [5.74, 6) is 1.32. The van der Waals surface area contributed by atoms with Crippen molar-refractivity contribution in [3.8, 4) is 0 Å². The number of nitrogens with zero attached hydrogens (tertiary/aromatic N) is 4. The molecule has 1 aromatic heterocycles. The summed E-state index contributed by atoms with van der Waals surface area (Å²) in [6.45, 7) is 5.97. The van der Waals surface area contributed by atoms with Gasteiger partial charge in [-0.1, -0.05) is 72.4 Å². The molecule has 0 atom stereocenters. The number of aromatic nitrogens is 3. The molecule has 2 aromatic carbocycles. The van der Waals surface area contributed by atoms with E-state index in [2.05, 4.69) is 26.9 Å². The van der Waals surface area contributed by atoms with Gasteiger partial charge in [-0.2, -0.15) is 0 Å². The molecule has 1 amide bonds. The molecule has 0 radical (unpaired) electrons. The van der Waals surface area contributed by atoms with Crippen molar-refractivity contribution in [3.05, 3.63) is 77.6 Å². The number of hydrogen-bond acceptors (Lipinski definition) is 4. The first-order chi connectivity index (χ1) is 13.2. The van der Waals surface area contributed by atoms with E-state index in [4.69, 9.17) is 0 Å². The van der Waals surface area contributed by atoms with E-state index in [1.54, 1.807) is 0 Å². The van der Waals surface area contributed by atoms with Gasteiger partial charge in [0.2, 0.25) is 5.91 Å². The van der Waals surface area contributed by atoms with Crippen molar-refractivity contribution in [2.24, 2.45) is 0 Å². The van der Waals surface area contributed by atoms with E-state index >= 15 is 0 Å². The zero-order valence-corrected chi connectivity index (χ0v) is 16.5. The summed E-state index contributed by atoms with van der Waals surface area (Å²) in [7, 11) is 0. The van der Waals surface area contributed by atoms with Crippen molar-refractivity contribution in [1.82, 2.24) is 19.7 Å². The topological polar surface area (TPSA) is 51.0 Å². The highest BCUT2D eigenvalue weighted by Crippen LogP contribution is 2.19. The molecule has 0 N–H and O–H groups in total. The van der Waals surface area contributed by atoms with Crippen LogP contribution in [0.25, 0.3) is 0 Å². The van der Waals surface area contributed by atoms with E-state index in [-0.39, 0.29) is 5.91 Å². The molecular formula is C21H24N4OS. The van der Waals surface area contributed by atoms with Crippen molar-refractivity contribution in [2.75, 3.05) is 12.3 Å². The van der Waals surface area contributed by atoms with Crippen molar-refractivity contribution < 1.29 is 4.79 Å². The molecule has 0 unspecified atom stereocenters. The molecule has 0 saturated heterocycles. The maximum absolute atomic E-state index is 12.7. The average molecular weight is 381 g/mol. The third-order valence-electron chi connectivity index (χ3n) is 4.36. The van der Waals surface area contributed by atoms with Gasteiger partial charge in [-0.15, -0.1) is 10.2 Å². The van der Waals surface area contributed by atoms with Crippen LogP contribution in [0.15, 0.2) is 65.8 Å². The average Bonchev–Trinajstić information content (AvgIpc) is 3.05. The van der Waals surface area contributed by atoms with Crippen molar-refractivity contribution >= 4 is 17.7 Å². The summed E-state index contributed by atoms with van der Waals surface area (Å²) in [6, 6.07) is 20.3. The number of carbonyl (C=O) groups is 1. The van der Waals surface area contributed by atoms with Crippen LogP contribution in [0, 0.1) is 6.92 Å². The second-order valence-electron chi connectivity index (χ2n) is 6.28. The summed E-state index contributed by atoms with van der Waals surface area (Å²) in [5, 5.41) is 9.23. The number of carbonyl (C=O) groups excluding carboxylic acids is 1. The number of benzene rings is 2. The molecule has 3 aromatic rings. The van der Waals surface area contributed by atoms with Gasteiger partial charge in [0.25, 0.3) is 0 Å². The maximum atomic E-state index is 12.7. The standard InChI is InChI=1S/C21H24N4OS/c1-3-24(14-18-10-6-4-7-11-18)20(26)16-27-21-23-22-17(2)25(21)15-19-12-8-5-9-13-19/h4-13H,3,14-16H2,1-2H3. The number of thioether (sulfide) groups is 1. The molecule has 0 saturated carbocycles. The summed E-state index contributed by atoms with van der Waals surface area (Å²) in [4.78, 5) is 14.5. The summed E-state index contributed by atoms with van der Waals surface area (Å²) < 4.78 is 2.06. The molecule has 0 spiro atoms. The van der Waals surface area contributed by atoms with Crippen LogP contribution in [-0.2, 0) is 17.9 Å². The van der Waals surface area contributed by atoms with Gasteiger partial charge in [0.1, 0.15) is 5.82 Å². The SMILES string of the molecule is CCN(Cc1ccccc1)C(=O)CSc1nnc(C)n1Cc1ccccc1. The maximum Gasteiger partial charge on any atom is 0.233 e. The van der Waals surface area contributed by atoms with Gasteiger partial charge in [-0.25, -0.2) is 0 Å². The number of aryl methyl sites for hydroxylation is 1. The third-order valence-corrected chi connectivity index (χ3v) is 5.31. The van der Waals surface area contributed by atoms with Crippen LogP contribution in [-0.4, -0.2) is 37.9 Å². The Bertz CT molecular complexity index is 864. The van der Waals surface area contributed by atoms with Gasteiger partial charge < -0.3 is 9.47 Å². The van der Waals surface area contributed by atoms with Gasteiger partial charge in [0.15, 0.2) is 5.16 Å². The molecule has 5 nitrogen and oxygen atoms in total. The van der Waals surface area contributed by atoms with E-state index in [1.807, 2.05) is 67.3 Å². The molecule has 0 bridgehead atoms. The molecular weight excluding hydrogens is 356 g/mol. The largest absolute Gasteiger partial charge is 0.338 e. The van der Waals surface area contributed by atoms with Gasteiger partial charge in [0.05, 0.1) is 12.3 Å². The Labute approximate surface area is 164 Å². The highest BCUT2D eigenvalue weighted by Gasteiger charge is 2.16. The molecule has 0 fully saturated rings. The molecule has 0 aliphatic rings. The molecule has 27 heavy (non-hydrogen) atoms. The first kappa shape index (κ1) is 19.2. The molecule has 6 heteroatoms. The van der Waals surface area contributed by atoms with Crippen molar-refractivity contribution in [3.63, 3.8) is 0 Å². The Morgan fingerprint density at radius 1 is 1.00 bits per heavy atom. The minimum atomic E-state index is 0.110. The van der Waals surface area contributed by atoms with Crippen molar-refractivity contribution in [1.29, 1.82) is 0 Å². The van der Waals surface area contributed by atoms with Crippen LogP contribution in [0.2, 0.25) is 0 Å². The Balaban J connectivity index is 1.63. The highest BCUT2D eigenvalue weighted by atomic mass is 32.2. The van der Waals surface area contributed by atoms with Crippen LogP contribution < -0.4 is 0 Å². The quantitative estimate of drug-likeness (QED) is 0.558. The zero-order valence-electron chi connectivity index (χ0n) is 15.7. The van der Waals surface area contributed by atoms with Crippen LogP contribution >= 0.6 is 11.8 Å². The van der Waals surface area contributed by atoms with E-state index in [1.165, 1.54) is 17.3 Å². The first-order valence-electron chi connectivity index (χ1n) is 9.05. The predicted molar refractivity (Wildman–Crippen MR) is 109 cm³/mol. The lowest BCUT2D eigenvalue weighted by molar-refractivity contribution is -0.128. The Kier molecular flexibility index (Phi) is 6.65. The minimum Gasteiger partial charge on any atom is -0.338 e. The Morgan fingerprint density at radius 2 is 1.63 bits per heavy atom. The van der Waals surface area contributed by atoms with Crippen molar-refractivity contribution in [2.45, 2.75) is 32.1 Å². The fourth-order valence-corrected chi connectivity index (χ4v) is 3.70. The molecule has 3 rings (SSSR count). The Hall–Kier alpha value is -2.60. The number of hydrogen-bond donors (Lipinski definition) is 0. The van der Waals surface area contributed by atoms with E-state index in [0.29, 0.717) is 25.4 Å². The summed E-state index contributed by atoms with van der Waals surface area (Å²) in [6.07, 6.45) is 0. The van der Waals surface area contributed by atoms with Crippen LogP contribution in [0.1, 0.15) is 23.9 Å². The lowest BCUT2D eigenvalue weighted by Crippen LogP contribution is -2.31. The van der Waals surface area contributed by atoms with E-state index < -0.39 is 0 Å². The predicted octanol–water partition coefficient (Wildman–Crippen LogP) is 3.78. The molecule has 0 aliphatic carbocycles. The summed E-state index contributed by atoms with van der Waals surface area (Å²) in [5.41, 5.74) is 2.33. The zero-order chi connectivity index (χ0) is 19.1. The third kappa shape index (κ3) is 5.20. The number of amides is 1. The summed E-state index contributed by atoms with van der Waals surface area (Å²) >= 11 is 1.45. The Morgan fingerprint density at radius 3 is 2.26 bits per heavy atom. The minimum absolute atomic E-state index is 0.110. The normalized spacial score (nSPS) is 10.7. The molecule has 0 aliphatic heterocycles. The lowest BCUT2D eigenvalue weighted by Gasteiger charge is -2.20. The van der Waals surface area contributed by atoms with Gasteiger partial charge in [0, 0.05) is 13.1 Å². The second-order valence-corrected chi connectivity index (χ2v) is 7.23. The number of rotatable bonds is 8. The monoisotopic (exact) mass is 380 g/mol. The van der Waals surface area contributed by atoms with E-state index in [9.17, 15) is 4.79 Å². The van der Waals surface area contributed by atoms with Gasteiger partial charge in [-0.3, -0.25) is 4.79 Å². The van der Waals surface area contributed by atoms with Crippen LogP contribution in [0.4, 0.5) is 0 Å². The highest BCUT2D eigenvalue weighted by molar-refractivity contribution is 7.99. The van der Waals surface area contributed by atoms with Crippen LogP contribution in [0.3, 0.4) is 0 Å². The van der Waals surface area contributed by atoms with Crippen LogP contribution in [0.5, 0.6) is 0 Å². The fourth-order valence-electron chi connectivity index (χ4n) is 2.81. The fraction of sp³-hybridized carbons (Fsp3) is 0.286. The second kappa shape index (κ2) is 9.37. The van der Waals surface area contributed by atoms with Gasteiger partial charge >= 0.3 is 0 Å². The first-order valence-corrected chi connectivity index (χ1v) is 10.0. The lowest BCUT2D eigenvalue weighted by atomic mass is 10.2.